The third-order valence-electron chi connectivity index (χ3n) is 4.12. The van der Waals surface area contributed by atoms with Crippen molar-refractivity contribution in [1.82, 2.24) is 20.0 Å². The van der Waals surface area contributed by atoms with Crippen LogP contribution in [0.15, 0.2) is 0 Å². The van der Waals surface area contributed by atoms with Gasteiger partial charge in [0, 0.05) is 19.1 Å². The standard InChI is InChI=1S/C14H26N4O4S/c1-10(2)15-14(20)18-6-5-17(13(19)7-16(3)4)11-8-23(21,22)9-12(11)18/h10-12H,5-9H2,1-4H3,(H,15,20)/t11-,12+/m1/s1. The Labute approximate surface area is 137 Å². The summed E-state index contributed by atoms with van der Waals surface area (Å²) in [6, 6.07) is -1.18. The number of carbonyl (C=O) groups is 2. The molecule has 2 aliphatic rings. The van der Waals surface area contributed by atoms with Crippen LogP contribution in [0.2, 0.25) is 0 Å². The van der Waals surface area contributed by atoms with Gasteiger partial charge in [0.2, 0.25) is 5.91 Å². The van der Waals surface area contributed by atoms with E-state index >= 15 is 0 Å². The summed E-state index contributed by atoms with van der Waals surface area (Å²) in [5, 5.41) is 2.81. The Kier molecular flexibility index (Phi) is 5.20. The molecule has 2 fully saturated rings. The zero-order valence-corrected chi connectivity index (χ0v) is 15.0. The second-order valence-corrected chi connectivity index (χ2v) is 8.99. The Hall–Kier alpha value is -1.35. The molecule has 0 radical (unpaired) electrons. The van der Waals surface area contributed by atoms with E-state index < -0.39 is 21.9 Å². The molecule has 2 atom stereocenters. The van der Waals surface area contributed by atoms with E-state index in [-0.39, 0.29) is 36.0 Å². The molecule has 3 amide bonds. The number of piperazine rings is 1. The highest BCUT2D eigenvalue weighted by atomic mass is 32.2. The zero-order valence-electron chi connectivity index (χ0n) is 14.2. The first-order valence-electron chi connectivity index (χ1n) is 7.82. The summed E-state index contributed by atoms with van der Waals surface area (Å²) < 4.78 is 24.1. The van der Waals surface area contributed by atoms with Gasteiger partial charge in [-0.05, 0) is 27.9 Å². The Balaban J connectivity index is 2.20. The molecule has 0 bridgehead atoms. The van der Waals surface area contributed by atoms with Gasteiger partial charge in [0.05, 0.1) is 30.1 Å². The fourth-order valence-corrected chi connectivity index (χ4v) is 5.19. The average Bonchev–Trinajstić information content (AvgIpc) is 2.70. The number of fused-ring (bicyclic) bond motifs is 1. The molecule has 23 heavy (non-hydrogen) atoms. The van der Waals surface area contributed by atoms with Crippen molar-refractivity contribution < 1.29 is 18.0 Å². The van der Waals surface area contributed by atoms with Crippen molar-refractivity contribution in [2.24, 2.45) is 0 Å². The van der Waals surface area contributed by atoms with Crippen molar-refractivity contribution in [3.05, 3.63) is 0 Å². The number of sulfone groups is 1. The number of hydrogen-bond donors (Lipinski definition) is 1. The molecular formula is C14H26N4O4S. The topological polar surface area (TPSA) is 90.0 Å². The van der Waals surface area contributed by atoms with Crippen LogP contribution in [-0.2, 0) is 14.6 Å². The molecule has 0 aliphatic carbocycles. The van der Waals surface area contributed by atoms with E-state index in [9.17, 15) is 18.0 Å². The second kappa shape index (κ2) is 6.64. The van der Waals surface area contributed by atoms with Gasteiger partial charge in [0.1, 0.15) is 0 Å². The lowest BCUT2D eigenvalue weighted by atomic mass is 10.0. The lowest BCUT2D eigenvalue weighted by Crippen LogP contribution is -2.64. The zero-order chi connectivity index (χ0) is 17.4. The molecule has 2 aliphatic heterocycles. The third kappa shape index (κ3) is 4.14. The Morgan fingerprint density at radius 1 is 1.13 bits per heavy atom. The first-order valence-corrected chi connectivity index (χ1v) is 9.64. The lowest BCUT2D eigenvalue weighted by molar-refractivity contribution is -0.136. The van der Waals surface area contributed by atoms with Gasteiger partial charge in [-0.1, -0.05) is 0 Å². The number of hydrogen-bond acceptors (Lipinski definition) is 5. The maximum absolute atomic E-state index is 12.4. The average molecular weight is 346 g/mol. The summed E-state index contributed by atoms with van der Waals surface area (Å²) in [6.45, 7) is 4.68. The van der Waals surface area contributed by atoms with Crippen LogP contribution in [0.5, 0.6) is 0 Å². The summed E-state index contributed by atoms with van der Waals surface area (Å²) in [7, 11) is 0.350. The molecule has 0 saturated carbocycles. The highest BCUT2D eigenvalue weighted by Gasteiger charge is 2.49. The van der Waals surface area contributed by atoms with Crippen molar-refractivity contribution in [3.8, 4) is 0 Å². The third-order valence-corrected chi connectivity index (χ3v) is 5.82. The van der Waals surface area contributed by atoms with Crippen LogP contribution in [-0.4, -0.2) is 98.4 Å². The predicted octanol–water partition coefficient (Wildman–Crippen LogP) is -1.02. The monoisotopic (exact) mass is 346 g/mol. The van der Waals surface area contributed by atoms with Crippen LogP contribution in [0.25, 0.3) is 0 Å². The van der Waals surface area contributed by atoms with Gasteiger partial charge in [-0.2, -0.15) is 0 Å². The highest BCUT2D eigenvalue weighted by molar-refractivity contribution is 7.91. The van der Waals surface area contributed by atoms with E-state index in [1.165, 1.54) is 0 Å². The molecule has 2 rings (SSSR count). The number of urea groups is 1. The lowest BCUT2D eigenvalue weighted by Gasteiger charge is -2.44. The molecule has 0 spiro atoms. The van der Waals surface area contributed by atoms with Gasteiger partial charge in [-0.15, -0.1) is 0 Å². The van der Waals surface area contributed by atoms with Crippen LogP contribution in [0, 0.1) is 0 Å². The Bertz CT molecular complexity index is 531. The van der Waals surface area contributed by atoms with Crippen LogP contribution in [0.3, 0.4) is 0 Å². The van der Waals surface area contributed by atoms with Crippen molar-refractivity contribution in [3.63, 3.8) is 0 Å². The Morgan fingerprint density at radius 3 is 2.17 bits per heavy atom. The number of nitrogens with zero attached hydrogens (tertiary/aromatic N) is 3. The van der Waals surface area contributed by atoms with E-state index in [2.05, 4.69) is 5.32 Å². The smallest absolute Gasteiger partial charge is 0.318 e. The normalized spacial score (nSPS) is 26.5. The van der Waals surface area contributed by atoms with Gasteiger partial charge in [-0.3, -0.25) is 4.79 Å². The first kappa shape index (κ1) is 18.0. The minimum Gasteiger partial charge on any atom is -0.336 e. The molecular weight excluding hydrogens is 320 g/mol. The fraction of sp³-hybridized carbons (Fsp3) is 0.857. The van der Waals surface area contributed by atoms with Crippen LogP contribution in [0.4, 0.5) is 4.79 Å². The molecule has 2 saturated heterocycles. The maximum atomic E-state index is 12.4. The van der Waals surface area contributed by atoms with E-state index in [0.29, 0.717) is 13.1 Å². The van der Waals surface area contributed by atoms with Gasteiger partial charge < -0.3 is 20.0 Å². The predicted molar refractivity (Wildman–Crippen MR) is 86.9 cm³/mol. The van der Waals surface area contributed by atoms with Crippen molar-refractivity contribution >= 4 is 21.8 Å². The van der Waals surface area contributed by atoms with E-state index in [0.717, 1.165) is 0 Å². The molecule has 0 aromatic carbocycles. The summed E-state index contributed by atoms with van der Waals surface area (Å²) in [6.07, 6.45) is 0. The van der Waals surface area contributed by atoms with Crippen molar-refractivity contribution in [2.75, 3.05) is 45.2 Å². The van der Waals surface area contributed by atoms with Gasteiger partial charge >= 0.3 is 6.03 Å². The number of carbonyl (C=O) groups excluding carboxylic acids is 2. The molecule has 8 nitrogen and oxygen atoms in total. The first-order chi connectivity index (χ1) is 10.6. The summed E-state index contributed by atoms with van der Waals surface area (Å²) in [5.41, 5.74) is 0. The minimum absolute atomic E-state index is 0.0210. The van der Waals surface area contributed by atoms with E-state index in [4.69, 9.17) is 0 Å². The largest absolute Gasteiger partial charge is 0.336 e. The number of amides is 3. The highest BCUT2D eigenvalue weighted by Crippen LogP contribution is 2.27. The Morgan fingerprint density at radius 2 is 1.65 bits per heavy atom. The van der Waals surface area contributed by atoms with Crippen LogP contribution in [0.1, 0.15) is 13.8 Å². The van der Waals surface area contributed by atoms with Crippen molar-refractivity contribution in [2.45, 2.75) is 32.0 Å². The summed E-state index contributed by atoms with van der Waals surface area (Å²) >= 11 is 0. The molecule has 2 heterocycles. The molecule has 9 heteroatoms. The number of nitrogens with one attached hydrogen (secondary N) is 1. The van der Waals surface area contributed by atoms with Gasteiger partial charge in [-0.25, -0.2) is 13.2 Å². The quantitative estimate of drug-likeness (QED) is 0.706. The number of likely N-dealkylation sites (N-methyl/N-ethyl adjacent to an activating group) is 1. The van der Waals surface area contributed by atoms with Crippen LogP contribution < -0.4 is 5.32 Å². The van der Waals surface area contributed by atoms with Crippen molar-refractivity contribution in [1.29, 1.82) is 0 Å². The van der Waals surface area contributed by atoms with Gasteiger partial charge in [0.15, 0.2) is 9.84 Å². The van der Waals surface area contributed by atoms with Gasteiger partial charge in [0.25, 0.3) is 0 Å². The number of rotatable bonds is 3. The molecule has 0 aromatic rings. The molecule has 1 N–H and O–H groups in total. The maximum Gasteiger partial charge on any atom is 0.318 e. The molecule has 132 valence electrons. The molecule has 0 aromatic heterocycles. The van der Waals surface area contributed by atoms with E-state index in [1.807, 2.05) is 13.8 Å². The van der Waals surface area contributed by atoms with Crippen LogP contribution >= 0.6 is 0 Å². The second-order valence-electron chi connectivity index (χ2n) is 6.83. The SMILES string of the molecule is CC(C)NC(=O)N1CCN(C(=O)CN(C)C)[C@@H]2CS(=O)(=O)C[C@@H]21. The summed E-state index contributed by atoms with van der Waals surface area (Å²) in [5.74, 6) is -0.233. The fourth-order valence-electron chi connectivity index (χ4n) is 3.21. The molecule has 0 unspecified atom stereocenters. The van der Waals surface area contributed by atoms with E-state index in [1.54, 1.807) is 28.8 Å². The summed E-state index contributed by atoms with van der Waals surface area (Å²) in [4.78, 5) is 29.7. The minimum atomic E-state index is -3.25.